The molecule has 20 heavy (non-hydrogen) atoms. The summed E-state index contributed by atoms with van der Waals surface area (Å²) in [6.07, 6.45) is 3.46. The number of anilines is 1. The van der Waals surface area contributed by atoms with Crippen molar-refractivity contribution >= 4 is 5.82 Å². The first kappa shape index (κ1) is 12.5. The van der Waals surface area contributed by atoms with Crippen LogP contribution >= 0.6 is 0 Å². The molecule has 3 nitrogen and oxygen atoms in total. The summed E-state index contributed by atoms with van der Waals surface area (Å²) >= 11 is 0. The van der Waals surface area contributed by atoms with E-state index in [1.807, 2.05) is 0 Å². The van der Waals surface area contributed by atoms with Crippen LogP contribution in [0.2, 0.25) is 0 Å². The first-order valence-corrected chi connectivity index (χ1v) is 7.62. The maximum absolute atomic E-state index is 13.0. The second-order valence-corrected chi connectivity index (χ2v) is 6.44. The maximum atomic E-state index is 13.0. The number of nitrogens with zero attached hydrogens (tertiary/aromatic N) is 3. The summed E-state index contributed by atoms with van der Waals surface area (Å²) < 4.78 is 26.0. The third-order valence-corrected chi connectivity index (χ3v) is 4.97. The Bertz CT molecular complexity index is 484. The Morgan fingerprint density at radius 2 is 1.75 bits per heavy atom. The second kappa shape index (κ2) is 4.64. The van der Waals surface area contributed by atoms with Gasteiger partial charge in [0.15, 0.2) is 0 Å². The monoisotopic (exact) mass is 279 g/mol. The number of aromatic nitrogens is 2. The Kier molecular flexibility index (Phi) is 2.89. The molecule has 1 aromatic rings. The predicted molar refractivity (Wildman–Crippen MR) is 72.0 cm³/mol. The Morgan fingerprint density at radius 1 is 1.05 bits per heavy atom. The van der Waals surface area contributed by atoms with Crippen molar-refractivity contribution in [2.75, 3.05) is 18.0 Å². The zero-order valence-electron chi connectivity index (χ0n) is 11.4. The van der Waals surface area contributed by atoms with Crippen LogP contribution in [-0.2, 0) is 0 Å². The summed E-state index contributed by atoms with van der Waals surface area (Å²) in [6.45, 7) is 1.96. The van der Waals surface area contributed by atoms with Crippen LogP contribution in [0.25, 0.3) is 0 Å². The van der Waals surface area contributed by atoms with Gasteiger partial charge in [0.25, 0.3) is 6.43 Å². The number of hydrogen-bond acceptors (Lipinski definition) is 3. The van der Waals surface area contributed by atoms with Gasteiger partial charge in [-0.15, -0.1) is 0 Å². The molecule has 0 aromatic carbocycles. The minimum absolute atomic E-state index is 0.103. The van der Waals surface area contributed by atoms with Gasteiger partial charge in [0, 0.05) is 25.1 Å². The van der Waals surface area contributed by atoms with E-state index < -0.39 is 6.43 Å². The highest BCUT2D eigenvalue weighted by Crippen LogP contribution is 2.42. The zero-order chi connectivity index (χ0) is 13.7. The van der Waals surface area contributed by atoms with Crippen LogP contribution in [0.3, 0.4) is 0 Å². The quantitative estimate of drug-likeness (QED) is 0.847. The van der Waals surface area contributed by atoms with Gasteiger partial charge < -0.3 is 4.90 Å². The van der Waals surface area contributed by atoms with E-state index >= 15 is 0 Å². The van der Waals surface area contributed by atoms with Crippen LogP contribution in [0, 0.1) is 11.8 Å². The Hall–Kier alpha value is -1.26. The molecule has 0 N–H and O–H groups in total. The molecule has 3 aliphatic rings. The van der Waals surface area contributed by atoms with E-state index in [0.29, 0.717) is 11.7 Å². The number of rotatable bonds is 3. The molecule has 108 valence electrons. The van der Waals surface area contributed by atoms with E-state index in [4.69, 9.17) is 0 Å². The van der Waals surface area contributed by atoms with Crippen molar-refractivity contribution in [3.63, 3.8) is 0 Å². The maximum Gasteiger partial charge on any atom is 0.280 e. The van der Waals surface area contributed by atoms with E-state index in [-0.39, 0.29) is 5.69 Å². The van der Waals surface area contributed by atoms with Crippen LogP contribution < -0.4 is 4.90 Å². The molecule has 1 saturated heterocycles. The van der Waals surface area contributed by atoms with Gasteiger partial charge >= 0.3 is 0 Å². The van der Waals surface area contributed by atoms with Gasteiger partial charge in [-0.25, -0.2) is 18.7 Å². The zero-order valence-corrected chi connectivity index (χ0v) is 11.4. The van der Waals surface area contributed by atoms with Crippen LogP contribution in [0.5, 0.6) is 0 Å². The Morgan fingerprint density at radius 3 is 2.35 bits per heavy atom. The molecule has 0 radical (unpaired) electrons. The second-order valence-electron chi connectivity index (χ2n) is 6.44. The van der Waals surface area contributed by atoms with Crippen molar-refractivity contribution in [3.8, 4) is 0 Å². The lowest BCUT2D eigenvalue weighted by Crippen LogP contribution is -2.23. The van der Waals surface area contributed by atoms with Crippen molar-refractivity contribution in [2.24, 2.45) is 11.8 Å². The van der Waals surface area contributed by atoms with Crippen LogP contribution in [0.1, 0.15) is 56.0 Å². The minimum Gasteiger partial charge on any atom is -0.356 e. The van der Waals surface area contributed by atoms with E-state index in [1.54, 1.807) is 0 Å². The molecule has 2 heterocycles. The fourth-order valence-corrected chi connectivity index (χ4v) is 3.69. The predicted octanol–water partition coefficient (Wildman–Crippen LogP) is 3.53. The molecule has 2 aliphatic carbocycles. The van der Waals surface area contributed by atoms with Crippen molar-refractivity contribution in [1.82, 2.24) is 9.97 Å². The molecular formula is C15H19F2N3. The van der Waals surface area contributed by atoms with Crippen molar-refractivity contribution < 1.29 is 8.78 Å². The van der Waals surface area contributed by atoms with Gasteiger partial charge in [-0.1, -0.05) is 6.42 Å². The molecule has 5 heteroatoms. The smallest absolute Gasteiger partial charge is 0.280 e. The standard InChI is InChI=1S/C15H19F2N3/c16-14(17)12-6-13(19-15(18-12)9-4-5-9)20-7-10-2-1-3-11(10)8-20/h6,9-11,14H,1-5,7-8H2. The highest BCUT2D eigenvalue weighted by atomic mass is 19.3. The molecule has 0 spiro atoms. The molecule has 3 fully saturated rings. The average Bonchev–Trinajstić information content (AvgIpc) is 3.06. The van der Waals surface area contributed by atoms with Gasteiger partial charge in [0.2, 0.25) is 0 Å². The highest BCUT2D eigenvalue weighted by Gasteiger charge is 2.37. The molecule has 4 rings (SSSR count). The number of alkyl halides is 2. The fourth-order valence-electron chi connectivity index (χ4n) is 3.69. The molecule has 0 bridgehead atoms. The lowest BCUT2D eigenvalue weighted by Gasteiger charge is -2.19. The van der Waals surface area contributed by atoms with Gasteiger partial charge in [-0.05, 0) is 37.5 Å². The molecular weight excluding hydrogens is 260 g/mol. The van der Waals surface area contributed by atoms with Gasteiger partial charge in [0.1, 0.15) is 17.3 Å². The average molecular weight is 279 g/mol. The third kappa shape index (κ3) is 2.17. The molecule has 2 saturated carbocycles. The first-order valence-electron chi connectivity index (χ1n) is 7.62. The highest BCUT2D eigenvalue weighted by molar-refractivity contribution is 5.42. The topological polar surface area (TPSA) is 29.0 Å². The summed E-state index contributed by atoms with van der Waals surface area (Å²) in [4.78, 5) is 10.8. The molecule has 1 aliphatic heterocycles. The van der Waals surface area contributed by atoms with Crippen LogP contribution in [0.4, 0.5) is 14.6 Å². The van der Waals surface area contributed by atoms with E-state index in [1.165, 1.54) is 25.3 Å². The first-order chi connectivity index (χ1) is 9.70. The van der Waals surface area contributed by atoms with E-state index in [0.717, 1.165) is 43.6 Å². The summed E-state index contributed by atoms with van der Waals surface area (Å²) in [7, 11) is 0. The summed E-state index contributed by atoms with van der Waals surface area (Å²) in [5.74, 6) is 3.16. The van der Waals surface area contributed by atoms with Gasteiger partial charge in [-0.2, -0.15) is 0 Å². The summed E-state index contributed by atoms with van der Waals surface area (Å²) in [5.41, 5.74) is -0.103. The van der Waals surface area contributed by atoms with E-state index in [9.17, 15) is 8.78 Å². The van der Waals surface area contributed by atoms with Crippen molar-refractivity contribution in [3.05, 3.63) is 17.6 Å². The molecule has 2 atom stereocenters. The molecule has 0 amide bonds. The fraction of sp³-hybridized carbons (Fsp3) is 0.733. The van der Waals surface area contributed by atoms with Gasteiger partial charge in [0.05, 0.1) is 0 Å². The normalized spacial score (nSPS) is 29.2. The van der Waals surface area contributed by atoms with Crippen molar-refractivity contribution in [2.45, 2.75) is 44.4 Å². The SMILES string of the molecule is FC(F)c1cc(N2CC3CCCC3C2)nc(C2CC2)n1. The van der Waals surface area contributed by atoms with Crippen molar-refractivity contribution in [1.29, 1.82) is 0 Å². The summed E-state index contributed by atoms with van der Waals surface area (Å²) in [5, 5.41) is 0. The van der Waals surface area contributed by atoms with Crippen LogP contribution in [-0.4, -0.2) is 23.1 Å². The minimum atomic E-state index is -2.50. The summed E-state index contributed by atoms with van der Waals surface area (Å²) in [6, 6.07) is 1.50. The third-order valence-electron chi connectivity index (χ3n) is 4.97. The van der Waals surface area contributed by atoms with Gasteiger partial charge in [-0.3, -0.25) is 0 Å². The molecule has 1 aromatic heterocycles. The Labute approximate surface area is 117 Å². The largest absolute Gasteiger partial charge is 0.356 e. The number of halogens is 2. The molecule has 2 unspecified atom stereocenters. The lowest BCUT2D eigenvalue weighted by molar-refractivity contribution is 0.145. The Balaban J connectivity index is 1.63. The van der Waals surface area contributed by atoms with E-state index in [2.05, 4.69) is 14.9 Å². The number of hydrogen-bond donors (Lipinski definition) is 0. The lowest BCUT2D eigenvalue weighted by atomic mass is 10.0. The van der Waals surface area contributed by atoms with Crippen LogP contribution in [0.15, 0.2) is 6.07 Å². The number of fused-ring (bicyclic) bond motifs is 1.